The Hall–Kier alpha value is -0.0400. The molecule has 0 aliphatic carbocycles. The Morgan fingerprint density at radius 1 is 0.765 bits per heavy atom. The number of aliphatic hydroxyl groups excluding tert-OH is 1. The zero-order valence-corrected chi connectivity index (χ0v) is 12.4. The van der Waals surface area contributed by atoms with Gasteiger partial charge in [0.25, 0.3) is 0 Å². The van der Waals surface area contributed by atoms with E-state index in [0.29, 0.717) is 0 Å². The average Bonchev–Trinajstić information content (AvgIpc) is 2.29. The molecule has 0 aromatic carbocycles. The van der Waals surface area contributed by atoms with Crippen LogP contribution in [0.1, 0.15) is 91.4 Å². The van der Waals surface area contributed by atoms with Crippen LogP contribution in [0.3, 0.4) is 0 Å². The van der Waals surface area contributed by atoms with Crippen molar-refractivity contribution >= 4 is 0 Å². The Balaban J connectivity index is 3.64. The van der Waals surface area contributed by atoms with Crippen LogP contribution in [0.5, 0.6) is 0 Å². The van der Waals surface area contributed by atoms with Crippen molar-refractivity contribution in [3.63, 3.8) is 0 Å². The molecule has 0 heterocycles. The third-order valence-corrected chi connectivity index (χ3v) is 3.61. The highest BCUT2D eigenvalue weighted by Gasteiger charge is 2.11. The van der Waals surface area contributed by atoms with E-state index in [1.165, 1.54) is 64.2 Å². The summed E-state index contributed by atoms with van der Waals surface area (Å²) in [4.78, 5) is 0. The van der Waals surface area contributed by atoms with Gasteiger partial charge in [0.1, 0.15) is 0 Å². The Kier molecular flexibility index (Phi) is 12.4. The van der Waals surface area contributed by atoms with E-state index in [9.17, 15) is 5.11 Å². The number of aliphatic hydroxyl groups is 1. The summed E-state index contributed by atoms with van der Waals surface area (Å²) < 4.78 is 0. The van der Waals surface area contributed by atoms with Crippen LogP contribution >= 0.6 is 0 Å². The molecule has 104 valence electrons. The molecule has 0 saturated carbocycles. The predicted molar refractivity (Wildman–Crippen MR) is 77.3 cm³/mol. The molecule has 1 unspecified atom stereocenters. The van der Waals surface area contributed by atoms with Crippen LogP contribution in [0.4, 0.5) is 0 Å². The summed E-state index contributed by atoms with van der Waals surface area (Å²) in [6.07, 6.45) is 14.4. The molecule has 17 heavy (non-hydrogen) atoms. The Bertz CT molecular complexity index is 130. The maximum atomic E-state index is 9.53. The van der Waals surface area contributed by atoms with Crippen molar-refractivity contribution in [3.8, 4) is 0 Å². The topological polar surface area (TPSA) is 20.2 Å². The lowest BCUT2D eigenvalue weighted by atomic mass is 9.90. The Morgan fingerprint density at radius 3 is 1.59 bits per heavy atom. The molecule has 0 saturated heterocycles. The van der Waals surface area contributed by atoms with E-state index in [1.807, 2.05) is 6.92 Å². The number of rotatable bonds is 12. The molecule has 0 aromatic heterocycles. The first-order chi connectivity index (χ1) is 8.20. The molecule has 0 bridgehead atoms. The lowest BCUT2D eigenvalue weighted by Gasteiger charge is -2.18. The zero-order valence-electron chi connectivity index (χ0n) is 12.4. The van der Waals surface area contributed by atoms with Crippen molar-refractivity contribution in [2.45, 2.75) is 97.5 Å². The molecular formula is C16H34O. The quantitative estimate of drug-likeness (QED) is 0.460. The lowest BCUT2D eigenvalue weighted by molar-refractivity contribution is 0.152. The first-order valence-electron chi connectivity index (χ1n) is 7.88. The van der Waals surface area contributed by atoms with Crippen molar-refractivity contribution in [1.29, 1.82) is 0 Å². The van der Waals surface area contributed by atoms with Gasteiger partial charge in [-0.3, -0.25) is 0 Å². The van der Waals surface area contributed by atoms with Crippen LogP contribution in [0.25, 0.3) is 0 Å². The summed E-state index contributed by atoms with van der Waals surface area (Å²) in [7, 11) is 0. The van der Waals surface area contributed by atoms with E-state index in [0.717, 1.165) is 12.3 Å². The standard InChI is InChI=1S/C16H34O/c1-4-6-8-10-12-16(14-15(3)17)13-11-9-7-5-2/h15-17H,4-14H2,1-3H3. The van der Waals surface area contributed by atoms with E-state index in [2.05, 4.69) is 13.8 Å². The second-order valence-corrected chi connectivity index (χ2v) is 5.65. The zero-order chi connectivity index (χ0) is 12.9. The van der Waals surface area contributed by atoms with Crippen molar-refractivity contribution in [2.75, 3.05) is 0 Å². The second kappa shape index (κ2) is 12.4. The molecule has 0 spiro atoms. The molecule has 0 radical (unpaired) electrons. The van der Waals surface area contributed by atoms with E-state index in [-0.39, 0.29) is 6.10 Å². The summed E-state index contributed by atoms with van der Waals surface area (Å²) in [5.74, 6) is 0.767. The monoisotopic (exact) mass is 242 g/mol. The molecular weight excluding hydrogens is 208 g/mol. The molecule has 0 aliphatic rings. The van der Waals surface area contributed by atoms with Crippen LogP contribution in [0.2, 0.25) is 0 Å². The third-order valence-electron chi connectivity index (χ3n) is 3.61. The van der Waals surface area contributed by atoms with Gasteiger partial charge in [-0.2, -0.15) is 0 Å². The summed E-state index contributed by atoms with van der Waals surface area (Å²) in [6.45, 7) is 6.46. The SMILES string of the molecule is CCCCCCC(CCCCCC)CC(C)O. The Labute approximate surface area is 109 Å². The van der Waals surface area contributed by atoms with E-state index in [4.69, 9.17) is 0 Å². The number of hydrogen-bond donors (Lipinski definition) is 1. The molecule has 0 aromatic rings. The van der Waals surface area contributed by atoms with Crippen LogP contribution < -0.4 is 0 Å². The summed E-state index contributed by atoms with van der Waals surface area (Å²) in [5, 5.41) is 9.53. The highest BCUT2D eigenvalue weighted by molar-refractivity contribution is 4.63. The van der Waals surface area contributed by atoms with Gasteiger partial charge in [0.2, 0.25) is 0 Å². The van der Waals surface area contributed by atoms with E-state index in [1.54, 1.807) is 0 Å². The molecule has 0 fully saturated rings. The summed E-state index contributed by atoms with van der Waals surface area (Å²) in [5.41, 5.74) is 0. The lowest BCUT2D eigenvalue weighted by Crippen LogP contribution is -2.10. The van der Waals surface area contributed by atoms with E-state index < -0.39 is 0 Å². The van der Waals surface area contributed by atoms with Gasteiger partial charge < -0.3 is 5.11 Å². The molecule has 0 rings (SSSR count). The molecule has 1 heteroatoms. The third kappa shape index (κ3) is 12.2. The first kappa shape index (κ1) is 17.0. The summed E-state index contributed by atoms with van der Waals surface area (Å²) in [6, 6.07) is 0. The van der Waals surface area contributed by atoms with Gasteiger partial charge in [-0.1, -0.05) is 78.1 Å². The summed E-state index contributed by atoms with van der Waals surface area (Å²) >= 11 is 0. The van der Waals surface area contributed by atoms with Crippen LogP contribution in [-0.2, 0) is 0 Å². The average molecular weight is 242 g/mol. The minimum Gasteiger partial charge on any atom is -0.393 e. The van der Waals surface area contributed by atoms with Gasteiger partial charge in [-0.25, -0.2) is 0 Å². The van der Waals surface area contributed by atoms with Gasteiger partial charge in [0.05, 0.1) is 6.10 Å². The molecule has 1 N–H and O–H groups in total. The fourth-order valence-corrected chi connectivity index (χ4v) is 2.58. The molecule has 1 atom stereocenters. The first-order valence-corrected chi connectivity index (χ1v) is 7.88. The smallest absolute Gasteiger partial charge is 0.0514 e. The number of unbranched alkanes of at least 4 members (excludes halogenated alkanes) is 6. The van der Waals surface area contributed by atoms with Gasteiger partial charge in [0, 0.05) is 0 Å². The molecule has 1 nitrogen and oxygen atoms in total. The predicted octanol–water partition coefficient (Wildman–Crippen LogP) is 5.31. The molecule has 0 aliphatic heterocycles. The van der Waals surface area contributed by atoms with Crippen molar-refractivity contribution in [1.82, 2.24) is 0 Å². The maximum absolute atomic E-state index is 9.53. The fourth-order valence-electron chi connectivity index (χ4n) is 2.58. The van der Waals surface area contributed by atoms with Crippen LogP contribution in [-0.4, -0.2) is 11.2 Å². The van der Waals surface area contributed by atoms with Gasteiger partial charge in [-0.05, 0) is 19.3 Å². The van der Waals surface area contributed by atoms with Gasteiger partial charge in [0.15, 0.2) is 0 Å². The Morgan fingerprint density at radius 2 is 1.24 bits per heavy atom. The van der Waals surface area contributed by atoms with Crippen molar-refractivity contribution in [3.05, 3.63) is 0 Å². The van der Waals surface area contributed by atoms with Gasteiger partial charge in [-0.15, -0.1) is 0 Å². The second-order valence-electron chi connectivity index (χ2n) is 5.65. The van der Waals surface area contributed by atoms with Crippen LogP contribution in [0.15, 0.2) is 0 Å². The normalized spacial score (nSPS) is 13.2. The largest absolute Gasteiger partial charge is 0.393 e. The number of hydrogen-bond acceptors (Lipinski definition) is 1. The highest BCUT2D eigenvalue weighted by Crippen LogP contribution is 2.22. The maximum Gasteiger partial charge on any atom is 0.0514 e. The van der Waals surface area contributed by atoms with E-state index >= 15 is 0 Å². The minimum atomic E-state index is -0.114. The van der Waals surface area contributed by atoms with Crippen LogP contribution in [0, 0.1) is 5.92 Å². The molecule has 0 amide bonds. The minimum absolute atomic E-state index is 0.114. The fraction of sp³-hybridized carbons (Fsp3) is 1.00. The van der Waals surface area contributed by atoms with Gasteiger partial charge >= 0.3 is 0 Å². The highest BCUT2D eigenvalue weighted by atomic mass is 16.3. The van der Waals surface area contributed by atoms with Crippen molar-refractivity contribution < 1.29 is 5.11 Å². The van der Waals surface area contributed by atoms with Crippen molar-refractivity contribution in [2.24, 2.45) is 5.92 Å².